The molecule has 0 radical (unpaired) electrons. The van der Waals surface area contributed by atoms with Crippen molar-refractivity contribution < 1.29 is 4.74 Å². The van der Waals surface area contributed by atoms with Crippen molar-refractivity contribution in [2.24, 2.45) is 7.05 Å². The number of hydrogen-bond donors (Lipinski definition) is 0. The molecule has 0 N–H and O–H groups in total. The second-order valence-electron chi connectivity index (χ2n) is 6.65. The van der Waals surface area contributed by atoms with Crippen molar-refractivity contribution in [2.45, 2.75) is 12.5 Å². The van der Waals surface area contributed by atoms with Gasteiger partial charge in [0.05, 0.1) is 17.9 Å². The lowest BCUT2D eigenvalue weighted by Crippen LogP contribution is -2.34. The van der Waals surface area contributed by atoms with Crippen LogP contribution >= 0.6 is 15.9 Å². The summed E-state index contributed by atoms with van der Waals surface area (Å²) in [5.41, 5.74) is 2.15. The third-order valence-electron chi connectivity index (χ3n) is 4.74. The zero-order valence-electron chi connectivity index (χ0n) is 15.5. The molecule has 0 aliphatic carbocycles. The van der Waals surface area contributed by atoms with Crippen LogP contribution in [-0.4, -0.2) is 39.2 Å². The molecule has 0 spiro atoms. The van der Waals surface area contributed by atoms with Gasteiger partial charge in [0.25, 0.3) is 5.56 Å². The first kappa shape index (κ1) is 18.8. The van der Waals surface area contributed by atoms with Crippen molar-refractivity contribution >= 4 is 21.9 Å². The van der Waals surface area contributed by atoms with E-state index < -0.39 is 0 Å². The predicted octanol–water partition coefficient (Wildman–Crippen LogP) is 2.97. The van der Waals surface area contributed by atoms with Crippen LogP contribution in [0.1, 0.15) is 18.1 Å². The van der Waals surface area contributed by atoms with E-state index in [0.29, 0.717) is 30.5 Å². The van der Waals surface area contributed by atoms with Gasteiger partial charge in [-0.2, -0.15) is 0 Å². The van der Waals surface area contributed by atoms with Crippen LogP contribution in [0.15, 0.2) is 58.2 Å². The Bertz CT molecular complexity index is 1020. The Morgan fingerprint density at radius 2 is 2.11 bits per heavy atom. The molecule has 0 unspecified atom stereocenters. The van der Waals surface area contributed by atoms with Crippen molar-refractivity contribution in [1.29, 1.82) is 0 Å². The molecule has 0 bridgehead atoms. The van der Waals surface area contributed by atoms with E-state index in [0.717, 1.165) is 23.0 Å². The van der Waals surface area contributed by atoms with E-state index >= 15 is 0 Å². The van der Waals surface area contributed by atoms with Gasteiger partial charge in [0.1, 0.15) is 12.4 Å². The minimum absolute atomic E-state index is 0.0976. The molecule has 2 aromatic heterocycles. The molecule has 1 aliphatic rings. The largest absolute Gasteiger partial charge is 0.372 e. The van der Waals surface area contributed by atoms with E-state index in [4.69, 9.17) is 9.72 Å². The third kappa shape index (κ3) is 3.98. The normalized spacial score (nSPS) is 17.4. The highest BCUT2D eigenvalue weighted by molar-refractivity contribution is 9.10. The van der Waals surface area contributed by atoms with Crippen molar-refractivity contribution in [1.82, 2.24) is 19.5 Å². The quantitative estimate of drug-likeness (QED) is 0.621. The Balaban J connectivity index is 1.70. The number of anilines is 1. The molecule has 144 valence electrons. The second kappa shape index (κ2) is 8.20. The standard InChI is InChI=1S/C20H20BrN5O2/c1-25-19(27)11-17(16-6-7-22-13-23-16)24-20(25)26-8-3-9-28-18(12-26)14-4-2-5-15(21)10-14/h2,4-7,10-11,13,18H,3,8-9,12H2,1H3/t18-/m1/s1. The van der Waals surface area contributed by atoms with E-state index in [9.17, 15) is 4.79 Å². The molecule has 8 heteroatoms. The molecule has 0 amide bonds. The predicted molar refractivity (Wildman–Crippen MR) is 110 cm³/mol. The lowest BCUT2D eigenvalue weighted by molar-refractivity contribution is 0.0685. The molecule has 28 heavy (non-hydrogen) atoms. The summed E-state index contributed by atoms with van der Waals surface area (Å²) in [5, 5.41) is 0. The van der Waals surface area contributed by atoms with Crippen LogP contribution in [0.3, 0.4) is 0 Å². The molecule has 3 aromatic rings. The van der Waals surface area contributed by atoms with Crippen LogP contribution in [0, 0.1) is 0 Å². The summed E-state index contributed by atoms with van der Waals surface area (Å²) in [5.74, 6) is 0.617. The molecule has 1 atom stereocenters. The zero-order chi connectivity index (χ0) is 19.5. The molecule has 7 nitrogen and oxygen atoms in total. The van der Waals surface area contributed by atoms with Gasteiger partial charge in [0, 0.05) is 36.9 Å². The van der Waals surface area contributed by atoms with Crippen molar-refractivity contribution in [3.8, 4) is 11.4 Å². The molecular weight excluding hydrogens is 422 g/mol. The van der Waals surface area contributed by atoms with Gasteiger partial charge >= 0.3 is 0 Å². The number of halogens is 1. The number of nitrogens with zero attached hydrogens (tertiary/aromatic N) is 5. The molecular formula is C20H20BrN5O2. The van der Waals surface area contributed by atoms with E-state index in [2.05, 4.69) is 42.9 Å². The zero-order valence-corrected chi connectivity index (χ0v) is 17.0. The highest BCUT2D eigenvalue weighted by Gasteiger charge is 2.24. The number of benzene rings is 1. The summed E-state index contributed by atoms with van der Waals surface area (Å²) >= 11 is 3.53. The highest BCUT2D eigenvalue weighted by atomic mass is 79.9. The van der Waals surface area contributed by atoms with Gasteiger partial charge in [-0.3, -0.25) is 9.36 Å². The molecule has 1 aliphatic heterocycles. The fraction of sp³-hybridized carbons (Fsp3) is 0.300. The van der Waals surface area contributed by atoms with Crippen molar-refractivity contribution in [3.63, 3.8) is 0 Å². The summed E-state index contributed by atoms with van der Waals surface area (Å²) in [7, 11) is 1.74. The topological polar surface area (TPSA) is 73.1 Å². The van der Waals surface area contributed by atoms with Gasteiger partial charge in [0.15, 0.2) is 0 Å². The maximum atomic E-state index is 12.6. The SMILES string of the molecule is Cn1c(N2CCCO[C@@H](c3cccc(Br)c3)C2)nc(-c2ccncn2)cc1=O. The molecule has 1 aromatic carbocycles. The summed E-state index contributed by atoms with van der Waals surface area (Å²) in [6, 6.07) is 11.4. The van der Waals surface area contributed by atoms with Crippen molar-refractivity contribution in [3.05, 3.63) is 69.3 Å². The maximum Gasteiger partial charge on any atom is 0.255 e. The lowest BCUT2D eigenvalue weighted by Gasteiger charge is -2.26. The fourth-order valence-corrected chi connectivity index (χ4v) is 3.72. The smallest absolute Gasteiger partial charge is 0.255 e. The van der Waals surface area contributed by atoms with Crippen LogP contribution < -0.4 is 10.5 Å². The van der Waals surface area contributed by atoms with Crippen LogP contribution in [0.25, 0.3) is 11.4 Å². The average molecular weight is 442 g/mol. The van der Waals surface area contributed by atoms with Crippen LogP contribution in [-0.2, 0) is 11.8 Å². The van der Waals surface area contributed by atoms with Gasteiger partial charge in [-0.25, -0.2) is 15.0 Å². The Kier molecular flexibility index (Phi) is 5.50. The van der Waals surface area contributed by atoms with Gasteiger partial charge in [0.2, 0.25) is 5.95 Å². The van der Waals surface area contributed by atoms with Gasteiger partial charge in [-0.15, -0.1) is 0 Å². The summed E-state index contributed by atoms with van der Waals surface area (Å²) < 4.78 is 8.67. The average Bonchev–Trinajstić information content (AvgIpc) is 2.97. The Labute approximate surface area is 171 Å². The number of hydrogen-bond acceptors (Lipinski definition) is 6. The second-order valence-corrected chi connectivity index (χ2v) is 7.56. The Hall–Kier alpha value is -2.58. The minimum Gasteiger partial charge on any atom is -0.372 e. The maximum absolute atomic E-state index is 12.6. The van der Waals surface area contributed by atoms with Gasteiger partial charge < -0.3 is 9.64 Å². The molecule has 1 saturated heterocycles. The fourth-order valence-electron chi connectivity index (χ4n) is 3.30. The van der Waals surface area contributed by atoms with Crippen LogP contribution in [0.4, 0.5) is 5.95 Å². The molecule has 4 rings (SSSR count). The Morgan fingerprint density at radius 1 is 1.21 bits per heavy atom. The van der Waals surface area contributed by atoms with Gasteiger partial charge in [-0.05, 0) is 30.2 Å². The first-order chi connectivity index (χ1) is 13.6. The first-order valence-corrected chi connectivity index (χ1v) is 9.87. The van der Waals surface area contributed by atoms with Crippen LogP contribution in [0.2, 0.25) is 0 Å². The van der Waals surface area contributed by atoms with Gasteiger partial charge in [-0.1, -0.05) is 28.1 Å². The number of ether oxygens (including phenoxy) is 1. The summed E-state index contributed by atoms with van der Waals surface area (Å²) in [6.45, 7) is 2.04. The lowest BCUT2D eigenvalue weighted by atomic mass is 10.1. The van der Waals surface area contributed by atoms with E-state index in [1.54, 1.807) is 23.9 Å². The molecule has 0 saturated carbocycles. The first-order valence-electron chi connectivity index (χ1n) is 9.08. The van der Waals surface area contributed by atoms with E-state index in [-0.39, 0.29) is 11.7 Å². The van der Waals surface area contributed by atoms with E-state index in [1.807, 2.05) is 12.1 Å². The van der Waals surface area contributed by atoms with E-state index in [1.165, 1.54) is 12.4 Å². The summed E-state index contributed by atoms with van der Waals surface area (Å²) in [6.07, 6.45) is 3.86. The highest BCUT2D eigenvalue weighted by Crippen LogP contribution is 2.27. The summed E-state index contributed by atoms with van der Waals surface area (Å²) in [4.78, 5) is 27.6. The Morgan fingerprint density at radius 3 is 2.89 bits per heavy atom. The van der Waals surface area contributed by atoms with Crippen molar-refractivity contribution in [2.75, 3.05) is 24.6 Å². The molecule has 3 heterocycles. The number of aromatic nitrogens is 4. The number of rotatable bonds is 3. The minimum atomic E-state index is -0.122. The molecule has 1 fully saturated rings. The monoisotopic (exact) mass is 441 g/mol. The third-order valence-corrected chi connectivity index (χ3v) is 5.23. The van der Waals surface area contributed by atoms with Crippen LogP contribution in [0.5, 0.6) is 0 Å².